The first-order valence-electron chi connectivity index (χ1n) is 7.46. The van der Waals surface area contributed by atoms with E-state index in [9.17, 15) is 8.42 Å². The lowest BCUT2D eigenvalue weighted by atomic mass is 10.1. The van der Waals surface area contributed by atoms with Crippen molar-refractivity contribution < 1.29 is 8.42 Å². The van der Waals surface area contributed by atoms with Crippen molar-refractivity contribution in [2.75, 3.05) is 19.6 Å². The van der Waals surface area contributed by atoms with Gasteiger partial charge in [-0.05, 0) is 45.9 Å². The van der Waals surface area contributed by atoms with E-state index in [1.54, 1.807) is 12.1 Å². The summed E-state index contributed by atoms with van der Waals surface area (Å²) in [5, 5.41) is 6.74. The molecule has 0 aliphatic rings. The maximum absolute atomic E-state index is 12.1. The summed E-state index contributed by atoms with van der Waals surface area (Å²) < 4.78 is 26.8. The topological polar surface area (TPSA) is 82.6 Å². The van der Waals surface area contributed by atoms with Crippen LogP contribution in [0.4, 0.5) is 0 Å². The Hall–Kier alpha value is -1.31. The molecule has 0 unspecified atom stereocenters. The summed E-state index contributed by atoms with van der Waals surface area (Å²) in [6, 6.07) is 6.15. The van der Waals surface area contributed by atoms with E-state index in [0.717, 1.165) is 6.54 Å². The highest BCUT2D eigenvalue weighted by Crippen LogP contribution is 2.14. The molecule has 1 rings (SSSR count). The molecule has 0 spiro atoms. The van der Waals surface area contributed by atoms with Crippen molar-refractivity contribution in [2.24, 2.45) is 4.99 Å². The predicted octanol–water partition coefficient (Wildman–Crippen LogP) is 1.97. The molecule has 6 nitrogen and oxygen atoms in total. The Balaban J connectivity index is 2.62. The molecule has 0 saturated heterocycles. The number of guanidine groups is 1. The van der Waals surface area contributed by atoms with Crippen LogP contribution >= 0.6 is 11.6 Å². The van der Waals surface area contributed by atoms with Crippen LogP contribution in [0, 0.1) is 0 Å². The summed E-state index contributed by atoms with van der Waals surface area (Å²) >= 11 is 5.82. The number of hydrogen-bond donors (Lipinski definition) is 3. The molecule has 3 N–H and O–H groups in total. The van der Waals surface area contributed by atoms with Gasteiger partial charge in [-0.15, -0.1) is 0 Å². The van der Waals surface area contributed by atoms with Crippen molar-refractivity contribution in [3.63, 3.8) is 0 Å². The highest BCUT2D eigenvalue weighted by molar-refractivity contribution is 7.89. The minimum Gasteiger partial charge on any atom is -0.357 e. The van der Waals surface area contributed by atoms with Crippen LogP contribution in [0.5, 0.6) is 0 Å². The van der Waals surface area contributed by atoms with Gasteiger partial charge in [0.05, 0.1) is 11.4 Å². The van der Waals surface area contributed by atoms with Gasteiger partial charge < -0.3 is 10.6 Å². The van der Waals surface area contributed by atoms with Crippen LogP contribution in [0.2, 0.25) is 5.02 Å². The van der Waals surface area contributed by atoms with Crippen molar-refractivity contribution in [2.45, 2.75) is 38.1 Å². The lowest BCUT2D eigenvalue weighted by Gasteiger charge is -2.23. The summed E-state index contributed by atoms with van der Waals surface area (Å²) in [6.07, 6.45) is 0. The maximum atomic E-state index is 12.1. The Morgan fingerprint density at radius 2 is 2.00 bits per heavy atom. The normalized spacial score (nSPS) is 13.0. The molecule has 0 amide bonds. The largest absolute Gasteiger partial charge is 0.357 e. The number of aliphatic imine (C=N–C) groups is 1. The van der Waals surface area contributed by atoms with Crippen molar-refractivity contribution >= 4 is 27.6 Å². The van der Waals surface area contributed by atoms with Gasteiger partial charge in [0.25, 0.3) is 0 Å². The standard InChI is InChI=1S/C15H25ClN4O2S/c1-5-17-14(20-15(2,3)4)18-9-10-19-23(21,22)13-8-6-7-12(16)11-13/h6-8,11,19H,5,9-10H2,1-4H3,(H2,17,18,20). The highest BCUT2D eigenvalue weighted by Gasteiger charge is 2.14. The molecule has 0 radical (unpaired) electrons. The summed E-state index contributed by atoms with van der Waals surface area (Å²) in [5.41, 5.74) is -0.124. The van der Waals surface area contributed by atoms with Gasteiger partial charge in [-0.1, -0.05) is 17.7 Å². The molecule has 0 saturated carbocycles. The van der Waals surface area contributed by atoms with Gasteiger partial charge in [-0.25, -0.2) is 13.1 Å². The molecule has 0 aromatic heterocycles. The molecule has 23 heavy (non-hydrogen) atoms. The highest BCUT2D eigenvalue weighted by atomic mass is 35.5. The lowest BCUT2D eigenvalue weighted by molar-refractivity contribution is 0.501. The molecule has 0 atom stereocenters. The first-order chi connectivity index (χ1) is 10.6. The molecule has 8 heteroatoms. The Morgan fingerprint density at radius 3 is 2.57 bits per heavy atom. The summed E-state index contributed by atoms with van der Waals surface area (Å²) in [6.45, 7) is 9.32. The number of nitrogens with zero attached hydrogens (tertiary/aromatic N) is 1. The van der Waals surface area contributed by atoms with Crippen molar-refractivity contribution in [1.82, 2.24) is 15.4 Å². The van der Waals surface area contributed by atoms with Gasteiger partial charge in [0.2, 0.25) is 10.0 Å². The van der Waals surface area contributed by atoms with Crippen LogP contribution in [0.3, 0.4) is 0 Å². The zero-order valence-corrected chi connectivity index (χ0v) is 15.6. The minimum atomic E-state index is -3.57. The van der Waals surface area contributed by atoms with E-state index in [1.807, 2.05) is 27.7 Å². The first-order valence-corrected chi connectivity index (χ1v) is 9.32. The monoisotopic (exact) mass is 360 g/mol. The Labute approximate surface area is 143 Å². The van der Waals surface area contributed by atoms with E-state index in [0.29, 0.717) is 17.5 Å². The SMILES string of the molecule is CCNC(=NCCNS(=O)(=O)c1cccc(Cl)c1)NC(C)(C)C. The van der Waals surface area contributed by atoms with Crippen LogP contribution < -0.4 is 15.4 Å². The van der Waals surface area contributed by atoms with Gasteiger partial charge in [-0.3, -0.25) is 4.99 Å². The molecule has 1 aromatic carbocycles. The zero-order chi connectivity index (χ0) is 17.5. The first kappa shape index (κ1) is 19.7. The molecule has 1 aromatic rings. The summed E-state index contributed by atoms with van der Waals surface area (Å²) in [5.74, 6) is 0.655. The van der Waals surface area contributed by atoms with Crippen molar-refractivity contribution in [1.29, 1.82) is 0 Å². The molecule has 0 aliphatic carbocycles. The van der Waals surface area contributed by atoms with Gasteiger partial charge in [0, 0.05) is 23.7 Å². The molecule has 130 valence electrons. The number of halogens is 1. The average Bonchev–Trinajstić information content (AvgIpc) is 2.42. The van der Waals surface area contributed by atoms with E-state index in [1.165, 1.54) is 12.1 Å². The number of benzene rings is 1. The summed E-state index contributed by atoms with van der Waals surface area (Å²) in [7, 11) is -3.57. The van der Waals surface area contributed by atoms with Crippen LogP contribution in [0.25, 0.3) is 0 Å². The second-order valence-corrected chi connectivity index (χ2v) is 8.19. The van der Waals surface area contributed by atoms with E-state index < -0.39 is 10.0 Å². The Morgan fingerprint density at radius 1 is 1.30 bits per heavy atom. The van der Waals surface area contributed by atoms with Crippen LogP contribution in [-0.4, -0.2) is 39.6 Å². The van der Waals surface area contributed by atoms with Crippen molar-refractivity contribution in [3.8, 4) is 0 Å². The van der Waals surface area contributed by atoms with E-state index in [4.69, 9.17) is 11.6 Å². The van der Waals surface area contributed by atoms with Crippen LogP contribution in [0.1, 0.15) is 27.7 Å². The van der Waals surface area contributed by atoms with E-state index in [2.05, 4.69) is 20.3 Å². The molecule has 0 fully saturated rings. The third-order valence-corrected chi connectivity index (χ3v) is 4.31. The molecular formula is C15H25ClN4O2S. The molecule has 0 heterocycles. The Bertz CT molecular complexity index is 639. The fourth-order valence-corrected chi connectivity index (χ4v) is 3.05. The van der Waals surface area contributed by atoms with Gasteiger partial charge >= 0.3 is 0 Å². The number of hydrogen-bond acceptors (Lipinski definition) is 3. The third kappa shape index (κ3) is 7.67. The molecule has 0 aliphatic heterocycles. The second kappa shape index (κ2) is 8.52. The number of rotatable bonds is 6. The second-order valence-electron chi connectivity index (χ2n) is 5.99. The molecular weight excluding hydrogens is 336 g/mol. The fraction of sp³-hybridized carbons (Fsp3) is 0.533. The third-order valence-electron chi connectivity index (χ3n) is 2.62. The van der Waals surface area contributed by atoms with Crippen LogP contribution in [-0.2, 0) is 10.0 Å². The lowest BCUT2D eigenvalue weighted by Crippen LogP contribution is -2.47. The van der Waals surface area contributed by atoms with Crippen LogP contribution in [0.15, 0.2) is 34.2 Å². The average molecular weight is 361 g/mol. The van der Waals surface area contributed by atoms with Gasteiger partial charge in [0.1, 0.15) is 0 Å². The van der Waals surface area contributed by atoms with Gasteiger partial charge in [0.15, 0.2) is 5.96 Å². The summed E-state index contributed by atoms with van der Waals surface area (Å²) in [4.78, 5) is 4.50. The van der Waals surface area contributed by atoms with E-state index in [-0.39, 0.29) is 17.0 Å². The van der Waals surface area contributed by atoms with Gasteiger partial charge in [-0.2, -0.15) is 0 Å². The minimum absolute atomic E-state index is 0.124. The Kier molecular flexibility index (Phi) is 7.31. The molecule has 0 bridgehead atoms. The van der Waals surface area contributed by atoms with Crippen molar-refractivity contribution in [3.05, 3.63) is 29.3 Å². The quantitative estimate of drug-likeness (QED) is 0.411. The fourth-order valence-electron chi connectivity index (χ4n) is 1.73. The predicted molar refractivity (Wildman–Crippen MR) is 95.5 cm³/mol. The number of nitrogens with one attached hydrogen (secondary N) is 3. The maximum Gasteiger partial charge on any atom is 0.240 e. The number of sulfonamides is 1. The zero-order valence-electron chi connectivity index (χ0n) is 14.0. The van der Waals surface area contributed by atoms with E-state index >= 15 is 0 Å². The smallest absolute Gasteiger partial charge is 0.240 e.